The molecule has 0 aromatic heterocycles. The van der Waals surface area contributed by atoms with E-state index in [-0.39, 0.29) is 12.5 Å². The van der Waals surface area contributed by atoms with E-state index in [4.69, 9.17) is 9.47 Å². The Labute approximate surface area is 114 Å². The summed E-state index contributed by atoms with van der Waals surface area (Å²) in [5.41, 5.74) is 0.865. The van der Waals surface area contributed by atoms with Gasteiger partial charge in [-0.1, -0.05) is 6.07 Å². The van der Waals surface area contributed by atoms with E-state index in [0.717, 1.165) is 11.4 Å². The van der Waals surface area contributed by atoms with Crippen LogP contribution in [0.3, 0.4) is 0 Å². The maximum Gasteiger partial charge on any atom is 0.241 e. The number of ether oxygens (including phenoxy) is 2. The summed E-state index contributed by atoms with van der Waals surface area (Å²) in [4.78, 5) is 13.0. The van der Waals surface area contributed by atoms with Gasteiger partial charge in [-0.3, -0.25) is 4.79 Å². The number of amides is 1. The SMILES string of the molecule is CCOCCOc1cccc(NCC(=O)N(C)C)c1. The summed E-state index contributed by atoms with van der Waals surface area (Å²) in [6.07, 6.45) is 0. The van der Waals surface area contributed by atoms with Crippen molar-refractivity contribution in [3.8, 4) is 5.75 Å². The molecule has 1 N–H and O–H groups in total. The molecule has 0 fully saturated rings. The standard InChI is InChI=1S/C14H22N2O3/c1-4-18-8-9-19-13-7-5-6-12(10-13)15-11-14(17)16(2)3/h5-7,10,15H,4,8-9,11H2,1-3H3. The fraction of sp³-hybridized carbons (Fsp3) is 0.500. The normalized spacial score (nSPS) is 10.1. The van der Waals surface area contributed by atoms with Crippen molar-refractivity contribution in [3.63, 3.8) is 0 Å². The van der Waals surface area contributed by atoms with Gasteiger partial charge in [0.2, 0.25) is 5.91 Å². The quantitative estimate of drug-likeness (QED) is 0.726. The fourth-order valence-corrected chi connectivity index (χ4v) is 1.39. The summed E-state index contributed by atoms with van der Waals surface area (Å²) < 4.78 is 10.7. The van der Waals surface area contributed by atoms with Crippen LogP contribution in [-0.4, -0.2) is 51.3 Å². The third-order valence-electron chi connectivity index (χ3n) is 2.48. The Kier molecular flexibility index (Phi) is 6.74. The summed E-state index contributed by atoms with van der Waals surface area (Å²) in [6, 6.07) is 7.54. The van der Waals surface area contributed by atoms with Crippen LogP contribution in [0.1, 0.15) is 6.92 Å². The zero-order valence-electron chi connectivity index (χ0n) is 11.8. The lowest BCUT2D eigenvalue weighted by atomic mass is 10.3. The van der Waals surface area contributed by atoms with Crippen LogP contribution in [0.15, 0.2) is 24.3 Å². The van der Waals surface area contributed by atoms with E-state index in [1.165, 1.54) is 0 Å². The van der Waals surface area contributed by atoms with Crippen LogP contribution in [0.2, 0.25) is 0 Å². The molecule has 0 heterocycles. The third-order valence-corrected chi connectivity index (χ3v) is 2.48. The number of rotatable bonds is 8. The number of benzene rings is 1. The van der Waals surface area contributed by atoms with E-state index in [9.17, 15) is 4.79 Å². The van der Waals surface area contributed by atoms with Gasteiger partial charge >= 0.3 is 0 Å². The first-order valence-corrected chi connectivity index (χ1v) is 6.38. The first-order valence-electron chi connectivity index (χ1n) is 6.38. The Morgan fingerprint density at radius 2 is 2.11 bits per heavy atom. The van der Waals surface area contributed by atoms with Gasteiger partial charge in [-0.15, -0.1) is 0 Å². The minimum atomic E-state index is 0.0302. The molecule has 0 saturated heterocycles. The predicted octanol–water partition coefficient (Wildman–Crippen LogP) is 1.60. The van der Waals surface area contributed by atoms with Gasteiger partial charge in [-0.2, -0.15) is 0 Å². The van der Waals surface area contributed by atoms with E-state index in [1.807, 2.05) is 31.2 Å². The monoisotopic (exact) mass is 266 g/mol. The van der Waals surface area contributed by atoms with Crippen molar-refractivity contribution in [1.29, 1.82) is 0 Å². The van der Waals surface area contributed by atoms with E-state index in [1.54, 1.807) is 19.0 Å². The Hall–Kier alpha value is -1.75. The summed E-state index contributed by atoms with van der Waals surface area (Å²) in [7, 11) is 3.47. The highest BCUT2D eigenvalue weighted by Gasteiger charge is 2.03. The zero-order valence-corrected chi connectivity index (χ0v) is 11.8. The molecule has 5 nitrogen and oxygen atoms in total. The van der Waals surface area contributed by atoms with Crippen molar-refractivity contribution in [1.82, 2.24) is 4.90 Å². The second-order valence-electron chi connectivity index (χ2n) is 4.21. The molecule has 5 heteroatoms. The average molecular weight is 266 g/mol. The lowest BCUT2D eigenvalue weighted by Crippen LogP contribution is -2.28. The van der Waals surface area contributed by atoms with Crippen molar-refractivity contribution < 1.29 is 14.3 Å². The first-order chi connectivity index (χ1) is 9.13. The highest BCUT2D eigenvalue weighted by Crippen LogP contribution is 2.17. The Morgan fingerprint density at radius 1 is 1.32 bits per heavy atom. The summed E-state index contributed by atoms with van der Waals surface area (Å²) in [5, 5.41) is 3.07. The molecule has 1 aromatic rings. The van der Waals surface area contributed by atoms with Crippen LogP contribution in [0.4, 0.5) is 5.69 Å². The number of nitrogens with one attached hydrogen (secondary N) is 1. The Balaban J connectivity index is 2.41. The second kappa shape index (κ2) is 8.37. The predicted molar refractivity (Wildman–Crippen MR) is 75.6 cm³/mol. The van der Waals surface area contributed by atoms with Crippen LogP contribution in [-0.2, 0) is 9.53 Å². The van der Waals surface area contributed by atoms with E-state index >= 15 is 0 Å². The number of nitrogens with zero attached hydrogens (tertiary/aromatic N) is 1. The molecular weight excluding hydrogens is 244 g/mol. The minimum absolute atomic E-state index is 0.0302. The zero-order chi connectivity index (χ0) is 14.1. The molecule has 0 unspecified atom stereocenters. The molecule has 1 rings (SSSR count). The van der Waals surface area contributed by atoms with Gasteiger partial charge in [-0.05, 0) is 19.1 Å². The molecule has 19 heavy (non-hydrogen) atoms. The third kappa shape index (κ3) is 6.10. The van der Waals surface area contributed by atoms with Crippen molar-refractivity contribution in [3.05, 3.63) is 24.3 Å². The largest absolute Gasteiger partial charge is 0.491 e. The summed E-state index contributed by atoms with van der Waals surface area (Å²) in [5.74, 6) is 0.796. The number of hydrogen-bond donors (Lipinski definition) is 1. The molecule has 0 atom stereocenters. The van der Waals surface area contributed by atoms with Crippen LogP contribution in [0.25, 0.3) is 0 Å². The highest BCUT2D eigenvalue weighted by atomic mass is 16.5. The van der Waals surface area contributed by atoms with Crippen molar-refractivity contribution >= 4 is 11.6 Å². The molecule has 0 radical (unpaired) electrons. The molecule has 0 aliphatic heterocycles. The van der Waals surface area contributed by atoms with Gasteiger partial charge in [0.05, 0.1) is 13.2 Å². The maximum atomic E-state index is 11.5. The number of anilines is 1. The summed E-state index contributed by atoms with van der Waals surface area (Å²) in [6.45, 7) is 4.01. The highest BCUT2D eigenvalue weighted by molar-refractivity contribution is 5.80. The van der Waals surface area contributed by atoms with Gasteiger partial charge in [0.25, 0.3) is 0 Å². The molecular formula is C14H22N2O3. The van der Waals surface area contributed by atoms with Crippen LogP contribution in [0, 0.1) is 0 Å². The minimum Gasteiger partial charge on any atom is -0.491 e. The molecule has 0 aliphatic carbocycles. The van der Waals surface area contributed by atoms with Crippen LogP contribution in [0.5, 0.6) is 5.75 Å². The smallest absolute Gasteiger partial charge is 0.241 e. The number of carbonyl (C=O) groups is 1. The van der Waals surface area contributed by atoms with E-state index in [2.05, 4.69) is 5.32 Å². The Bertz CT molecular complexity index is 394. The Morgan fingerprint density at radius 3 is 2.79 bits per heavy atom. The molecule has 1 aromatic carbocycles. The van der Waals surface area contributed by atoms with Crippen LogP contribution >= 0.6 is 0 Å². The fourth-order valence-electron chi connectivity index (χ4n) is 1.39. The van der Waals surface area contributed by atoms with Gasteiger partial charge in [0.15, 0.2) is 0 Å². The molecule has 0 bridgehead atoms. The molecule has 1 amide bonds. The summed E-state index contributed by atoms with van der Waals surface area (Å²) >= 11 is 0. The van der Waals surface area contributed by atoms with Crippen molar-refractivity contribution in [2.75, 3.05) is 45.8 Å². The van der Waals surface area contributed by atoms with Crippen molar-refractivity contribution in [2.45, 2.75) is 6.92 Å². The van der Waals surface area contributed by atoms with E-state index in [0.29, 0.717) is 19.8 Å². The first kappa shape index (κ1) is 15.3. The lowest BCUT2D eigenvalue weighted by Gasteiger charge is -2.12. The molecule has 0 aliphatic rings. The van der Waals surface area contributed by atoms with E-state index < -0.39 is 0 Å². The number of hydrogen-bond acceptors (Lipinski definition) is 4. The van der Waals surface area contributed by atoms with Gasteiger partial charge in [0.1, 0.15) is 12.4 Å². The maximum absolute atomic E-state index is 11.5. The van der Waals surface area contributed by atoms with Gasteiger partial charge in [-0.25, -0.2) is 0 Å². The van der Waals surface area contributed by atoms with Crippen LogP contribution < -0.4 is 10.1 Å². The van der Waals surface area contributed by atoms with Crippen molar-refractivity contribution in [2.24, 2.45) is 0 Å². The molecule has 0 spiro atoms. The number of carbonyl (C=O) groups excluding carboxylic acids is 1. The molecule has 0 saturated carbocycles. The van der Waals surface area contributed by atoms with Gasteiger partial charge in [0, 0.05) is 32.5 Å². The average Bonchev–Trinajstić information content (AvgIpc) is 2.41. The molecule has 106 valence electrons. The number of likely N-dealkylation sites (N-methyl/N-ethyl adjacent to an activating group) is 1. The van der Waals surface area contributed by atoms with Gasteiger partial charge < -0.3 is 19.7 Å². The lowest BCUT2D eigenvalue weighted by molar-refractivity contribution is -0.126. The topological polar surface area (TPSA) is 50.8 Å². The second-order valence-corrected chi connectivity index (χ2v) is 4.21.